The highest BCUT2D eigenvalue weighted by Gasteiger charge is 2.19. The second kappa shape index (κ2) is 9.12. The van der Waals surface area contributed by atoms with Crippen molar-refractivity contribution in [1.82, 2.24) is 10.2 Å². The second-order valence-electron chi connectivity index (χ2n) is 4.90. The maximum atomic E-state index is 12.3. The Labute approximate surface area is 144 Å². The molecule has 0 radical (unpaired) electrons. The van der Waals surface area contributed by atoms with Gasteiger partial charge < -0.3 is 15.0 Å². The van der Waals surface area contributed by atoms with Crippen LogP contribution in [0.1, 0.15) is 23.2 Å². The quantitative estimate of drug-likeness (QED) is 0.782. The smallest absolute Gasteiger partial charge is 0.223 e. The largest absolute Gasteiger partial charge is 0.496 e. The van der Waals surface area contributed by atoms with Crippen LogP contribution in [-0.4, -0.2) is 49.9 Å². The zero-order valence-electron chi connectivity index (χ0n) is 12.4. The number of hydrogen-bond donors (Lipinski definition) is 1. The molecule has 2 rings (SSSR count). The molecule has 22 heavy (non-hydrogen) atoms. The van der Waals surface area contributed by atoms with Crippen molar-refractivity contribution < 1.29 is 14.3 Å². The summed E-state index contributed by atoms with van der Waals surface area (Å²) < 4.78 is 6.02. The number of rotatable bonds is 5. The van der Waals surface area contributed by atoms with Crippen molar-refractivity contribution in [1.29, 1.82) is 0 Å². The van der Waals surface area contributed by atoms with Gasteiger partial charge in [-0.2, -0.15) is 0 Å². The lowest BCUT2D eigenvalue weighted by atomic mass is 10.0. The molecule has 1 aliphatic heterocycles. The highest BCUT2D eigenvalue weighted by molar-refractivity contribution is 9.10. The van der Waals surface area contributed by atoms with Gasteiger partial charge in [0.2, 0.25) is 5.91 Å². The summed E-state index contributed by atoms with van der Waals surface area (Å²) in [6.07, 6.45) is 0.448. The zero-order valence-corrected chi connectivity index (χ0v) is 14.8. The summed E-state index contributed by atoms with van der Waals surface area (Å²) >= 11 is 3.35. The molecule has 122 valence electrons. The number of hydrogen-bond acceptors (Lipinski definition) is 4. The van der Waals surface area contributed by atoms with Crippen LogP contribution in [0.25, 0.3) is 0 Å². The number of carbonyl (C=O) groups is 2. The van der Waals surface area contributed by atoms with Gasteiger partial charge in [-0.05, 0) is 18.2 Å². The van der Waals surface area contributed by atoms with Gasteiger partial charge in [-0.25, -0.2) is 0 Å². The number of ketones is 1. The van der Waals surface area contributed by atoms with Crippen LogP contribution in [0.15, 0.2) is 22.7 Å². The fraction of sp³-hybridized carbons (Fsp3) is 0.467. The molecule has 1 aromatic rings. The van der Waals surface area contributed by atoms with Gasteiger partial charge in [0.05, 0.1) is 12.7 Å². The fourth-order valence-electron chi connectivity index (χ4n) is 2.33. The Hall–Kier alpha value is -1.11. The van der Waals surface area contributed by atoms with Crippen LogP contribution in [0.5, 0.6) is 5.75 Å². The second-order valence-corrected chi connectivity index (χ2v) is 5.81. The van der Waals surface area contributed by atoms with Crippen LogP contribution in [0.3, 0.4) is 0 Å². The topological polar surface area (TPSA) is 58.6 Å². The van der Waals surface area contributed by atoms with Crippen molar-refractivity contribution in [3.63, 3.8) is 0 Å². The Morgan fingerprint density at radius 1 is 1.27 bits per heavy atom. The summed E-state index contributed by atoms with van der Waals surface area (Å²) in [5.41, 5.74) is 0.514. The first kappa shape index (κ1) is 18.9. The number of benzene rings is 1. The van der Waals surface area contributed by atoms with Crippen LogP contribution in [0.2, 0.25) is 0 Å². The monoisotopic (exact) mass is 390 g/mol. The molecule has 0 atom stereocenters. The summed E-state index contributed by atoms with van der Waals surface area (Å²) in [6.45, 7) is 3.07. The van der Waals surface area contributed by atoms with E-state index < -0.39 is 0 Å². The van der Waals surface area contributed by atoms with E-state index in [2.05, 4.69) is 21.2 Å². The molecule has 0 bridgehead atoms. The molecular weight excluding hydrogens is 372 g/mol. The molecule has 0 unspecified atom stereocenters. The van der Waals surface area contributed by atoms with E-state index in [1.165, 1.54) is 7.11 Å². The fourth-order valence-corrected chi connectivity index (χ4v) is 2.69. The molecule has 0 aromatic heterocycles. The molecule has 1 N–H and O–H groups in total. The molecule has 0 aliphatic carbocycles. The van der Waals surface area contributed by atoms with Crippen molar-refractivity contribution in [2.24, 2.45) is 0 Å². The minimum absolute atomic E-state index is 0. The third kappa shape index (κ3) is 4.97. The average molecular weight is 392 g/mol. The number of piperazine rings is 1. The van der Waals surface area contributed by atoms with E-state index in [-0.39, 0.29) is 36.9 Å². The SMILES string of the molecule is COc1ccc(Br)cc1C(=O)CCC(=O)N1CCNCC1.Cl. The standard InChI is InChI=1S/C15H19BrN2O3.ClH/c1-21-14-4-2-11(16)10-12(14)13(19)3-5-15(20)18-8-6-17-7-9-18;/h2,4,10,17H,3,5-9H2,1H3;1H. The third-order valence-electron chi connectivity index (χ3n) is 3.50. The van der Waals surface area contributed by atoms with E-state index in [1.807, 2.05) is 11.0 Å². The number of nitrogens with one attached hydrogen (secondary N) is 1. The summed E-state index contributed by atoms with van der Waals surface area (Å²) in [5.74, 6) is 0.508. The van der Waals surface area contributed by atoms with E-state index in [0.717, 1.165) is 17.6 Å². The molecule has 1 saturated heterocycles. The van der Waals surface area contributed by atoms with E-state index in [4.69, 9.17) is 4.74 Å². The summed E-state index contributed by atoms with van der Waals surface area (Å²) in [7, 11) is 1.53. The van der Waals surface area contributed by atoms with Crippen molar-refractivity contribution in [2.45, 2.75) is 12.8 Å². The molecule has 1 amide bonds. The zero-order chi connectivity index (χ0) is 15.2. The van der Waals surface area contributed by atoms with Crippen molar-refractivity contribution in [3.05, 3.63) is 28.2 Å². The van der Waals surface area contributed by atoms with Crippen LogP contribution >= 0.6 is 28.3 Å². The first-order valence-electron chi connectivity index (χ1n) is 6.97. The van der Waals surface area contributed by atoms with Gasteiger partial charge in [0.25, 0.3) is 0 Å². The van der Waals surface area contributed by atoms with E-state index in [9.17, 15) is 9.59 Å². The van der Waals surface area contributed by atoms with Crippen LogP contribution in [-0.2, 0) is 4.79 Å². The van der Waals surface area contributed by atoms with Gasteiger partial charge in [-0.15, -0.1) is 12.4 Å². The first-order chi connectivity index (χ1) is 10.1. The van der Waals surface area contributed by atoms with E-state index in [0.29, 0.717) is 24.4 Å². The van der Waals surface area contributed by atoms with E-state index >= 15 is 0 Å². The summed E-state index contributed by atoms with van der Waals surface area (Å²) in [6, 6.07) is 5.30. The molecule has 1 heterocycles. The first-order valence-corrected chi connectivity index (χ1v) is 7.76. The molecular formula is C15H20BrClN2O3. The van der Waals surface area contributed by atoms with Gasteiger partial charge in [-0.1, -0.05) is 15.9 Å². The lowest BCUT2D eigenvalue weighted by Gasteiger charge is -2.27. The normalized spacial score (nSPS) is 14.2. The Bertz CT molecular complexity index is 534. The minimum atomic E-state index is -0.0726. The minimum Gasteiger partial charge on any atom is -0.496 e. The Morgan fingerprint density at radius 2 is 1.95 bits per heavy atom. The highest BCUT2D eigenvalue weighted by atomic mass is 79.9. The molecule has 1 aliphatic rings. The van der Waals surface area contributed by atoms with Gasteiger partial charge in [-0.3, -0.25) is 9.59 Å². The number of carbonyl (C=O) groups excluding carboxylic acids is 2. The van der Waals surface area contributed by atoms with Gasteiger partial charge in [0.1, 0.15) is 5.75 Å². The number of nitrogens with zero attached hydrogens (tertiary/aromatic N) is 1. The molecule has 0 spiro atoms. The van der Waals surface area contributed by atoms with Gasteiger partial charge in [0, 0.05) is 43.5 Å². The van der Waals surface area contributed by atoms with Gasteiger partial charge >= 0.3 is 0 Å². The number of Topliss-reactive ketones (excluding diaryl/α,β-unsaturated/α-hetero) is 1. The van der Waals surface area contributed by atoms with Crippen molar-refractivity contribution >= 4 is 40.0 Å². The van der Waals surface area contributed by atoms with Crippen molar-refractivity contribution in [2.75, 3.05) is 33.3 Å². The maximum absolute atomic E-state index is 12.3. The third-order valence-corrected chi connectivity index (χ3v) is 3.99. The molecule has 1 fully saturated rings. The Kier molecular flexibility index (Phi) is 7.85. The number of amides is 1. The van der Waals surface area contributed by atoms with Crippen LogP contribution in [0, 0.1) is 0 Å². The number of ether oxygens (including phenoxy) is 1. The lowest BCUT2D eigenvalue weighted by Crippen LogP contribution is -2.46. The number of methoxy groups -OCH3 is 1. The predicted molar refractivity (Wildman–Crippen MR) is 91.0 cm³/mol. The van der Waals surface area contributed by atoms with E-state index in [1.54, 1.807) is 12.1 Å². The van der Waals surface area contributed by atoms with Crippen LogP contribution in [0.4, 0.5) is 0 Å². The predicted octanol–water partition coefficient (Wildman–Crippen LogP) is 2.27. The maximum Gasteiger partial charge on any atom is 0.223 e. The average Bonchev–Trinajstić information content (AvgIpc) is 2.53. The molecule has 5 nitrogen and oxygen atoms in total. The summed E-state index contributed by atoms with van der Waals surface area (Å²) in [4.78, 5) is 26.1. The number of halogens is 2. The Balaban J connectivity index is 0.00000242. The Morgan fingerprint density at radius 3 is 2.59 bits per heavy atom. The molecule has 1 aromatic carbocycles. The summed E-state index contributed by atoms with van der Waals surface area (Å²) in [5, 5.41) is 3.20. The molecule has 0 saturated carbocycles. The lowest BCUT2D eigenvalue weighted by molar-refractivity contribution is -0.131. The van der Waals surface area contributed by atoms with Gasteiger partial charge in [0.15, 0.2) is 5.78 Å². The van der Waals surface area contributed by atoms with Crippen LogP contribution < -0.4 is 10.1 Å². The molecule has 7 heteroatoms. The van der Waals surface area contributed by atoms with Crippen molar-refractivity contribution in [3.8, 4) is 5.75 Å². The highest BCUT2D eigenvalue weighted by Crippen LogP contribution is 2.24.